The topological polar surface area (TPSA) is 104 Å². The summed E-state index contributed by atoms with van der Waals surface area (Å²) in [5, 5.41) is 5.83. The van der Waals surface area contributed by atoms with E-state index in [1.807, 2.05) is 68.4 Å². The Hall–Kier alpha value is -4.53. The first-order valence-corrected chi connectivity index (χ1v) is 12.5. The molecule has 9 heteroatoms. The zero-order chi connectivity index (χ0) is 26.8. The molecule has 0 spiro atoms. The van der Waals surface area contributed by atoms with Gasteiger partial charge >= 0.3 is 6.03 Å². The standard InChI is InChI=1S/C29H30N4O5/c1-18(2)26(27(34)30-16-22-13-8-14-37-22)33-17-23-24(28(33)35)25(31-29(36)32(23)3)19-9-7-12-21(15-19)38-20-10-5-4-6-11-20/h4-15,18,25-26H,16-17H2,1-3H3,(H,30,34)(H,31,36)/t25-,26+/m0/s1. The van der Waals surface area contributed by atoms with Crippen LogP contribution in [0, 0.1) is 5.92 Å². The maximum atomic E-state index is 13.9. The summed E-state index contributed by atoms with van der Waals surface area (Å²) in [6, 6.07) is 18.5. The number of carbonyl (C=O) groups is 3. The van der Waals surface area contributed by atoms with E-state index in [0.29, 0.717) is 34.1 Å². The van der Waals surface area contributed by atoms with Gasteiger partial charge in [0.25, 0.3) is 5.91 Å². The monoisotopic (exact) mass is 514 g/mol. The molecule has 4 amide bonds. The molecule has 196 valence electrons. The molecule has 2 aliphatic rings. The van der Waals surface area contributed by atoms with Gasteiger partial charge in [0.05, 0.1) is 36.7 Å². The summed E-state index contributed by atoms with van der Waals surface area (Å²) in [6.07, 6.45) is 1.54. The summed E-state index contributed by atoms with van der Waals surface area (Å²) < 4.78 is 11.3. The van der Waals surface area contributed by atoms with E-state index in [9.17, 15) is 14.4 Å². The van der Waals surface area contributed by atoms with Gasteiger partial charge in [-0.25, -0.2) is 4.79 Å². The van der Waals surface area contributed by atoms with E-state index in [1.54, 1.807) is 30.3 Å². The summed E-state index contributed by atoms with van der Waals surface area (Å²) in [5.74, 6) is 1.17. The number of likely N-dealkylation sites (N-methyl/N-ethyl adjacent to an activating group) is 1. The molecule has 3 heterocycles. The lowest BCUT2D eigenvalue weighted by atomic mass is 9.95. The van der Waals surface area contributed by atoms with Crippen LogP contribution in [-0.4, -0.2) is 47.3 Å². The first-order valence-electron chi connectivity index (χ1n) is 12.5. The molecule has 3 aromatic rings. The highest BCUT2D eigenvalue weighted by atomic mass is 16.5. The number of amides is 4. The van der Waals surface area contributed by atoms with Crippen LogP contribution in [0.25, 0.3) is 0 Å². The normalized spacial score (nSPS) is 17.9. The molecule has 0 saturated carbocycles. The Balaban J connectivity index is 1.41. The maximum Gasteiger partial charge on any atom is 0.322 e. The number of nitrogens with zero attached hydrogens (tertiary/aromatic N) is 2. The molecule has 0 fully saturated rings. The van der Waals surface area contributed by atoms with Gasteiger partial charge in [-0.05, 0) is 47.9 Å². The lowest BCUT2D eigenvalue weighted by molar-refractivity contribution is -0.138. The van der Waals surface area contributed by atoms with E-state index in [2.05, 4.69) is 10.6 Å². The molecule has 2 aromatic carbocycles. The van der Waals surface area contributed by atoms with Crippen molar-refractivity contribution in [2.24, 2.45) is 5.92 Å². The van der Waals surface area contributed by atoms with Crippen molar-refractivity contribution in [3.63, 3.8) is 0 Å². The third-order valence-electron chi connectivity index (χ3n) is 6.81. The third-order valence-corrected chi connectivity index (χ3v) is 6.81. The zero-order valence-electron chi connectivity index (χ0n) is 21.5. The van der Waals surface area contributed by atoms with Gasteiger partial charge in [-0.3, -0.25) is 14.5 Å². The number of furan rings is 1. The number of benzene rings is 2. The molecule has 9 nitrogen and oxygen atoms in total. The Labute approximate surface area is 221 Å². The van der Waals surface area contributed by atoms with Gasteiger partial charge in [0.1, 0.15) is 23.3 Å². The Morgan fingerprint density at radius 1 is 1.08 bits per heavy atom. The molecule has 0 unspecified atom stereocenters. The van der Waals surface area contributed by atoms with Crippen molar-refractivity contribution in [1.29, 1.82) is 0 Å². The Morgan fingerprint density at radius 3 is 2.55 bits per heavy atom. The molecule has 0 aliphatic carbocycles. The smallest absolute Gasteiger partial charge is 0.322 e. The van der Waals surface area contributed by atoms with E-state index < -0.39 is 12.1 Å². The van der Waals surface area contributed by atoms with Crippen molar-refractivity contribution in [3.8, 4) is 11.5 Å². The van der Waals surface area contributed by atoms with Crippen LogP contribution in [0.15, 0.2) is 88.7 Å². The predicted molar refractivity (Wildman–Crippen MR) is 140 cm³/mol. The molecule has 0 bridgehead atoms. The van der Waals surface area contributed by atoms with Crippen LogP contribution in [-0.2, 0) is 16.1 Å². The molecule has 2 aliphatic heterocycles. The van der Waals surface area contributed by atoms with Crippen molar-refractivity contribution >= 4 is 17.8 Å². The second-order valence-corrected chi connectivity index (χ2v) is 9.71. The highest BCUT2D eigenvalue weighted by Gasteiger charge is 2.47. The lowest BCUT2D eigenvalue weighted by Gasteiger charge is -2.31. The average Bonchev–Trinajstić information content (AvgIpc) is 3.54. The van der Waals surface area contributed by atoms with Gasteiger partial charge in [0.2, 0.25) is 5.91 Å². The Kier molecular flexibility index (Phi) is 6.91. The number of hydrogen-bond donors (Lipinski definition) is 2. The van der Waals surface area contributed by atoms with Gasteiger partial charge in [0.15, 0.2) is 0 Å². The second-order valence-electron chi connectivity index (χ2n) is 9.71. The van der Waals surface area contributed by atoms with Gasteiger partial charge < -0.3 is 24.7 Å². The number of para-hydroxylation sites is 1. The minimum atomic E-state index is -0.722. The number of rotatable bonds is 8. The molecule has 0 radical (unpaired) electrons. The van der Waals surface area contributed by atoms with Crippen LogP contribution >= 0.6 is 0 Å². The fourth-order valence-electron chi connectivity index (χ4n) is 4.94. The van der Waals surface area contributed by atoms with Crippen LogP contribution in [0.2, 0.25) is 0 Å². The van der Waals surface area contributed by atoms with Crippen LogP contribution in [0.3, 0.4) is 0 Å². The first kappa shape index (κ1) is 25.1. The molecular formula is C29H30N4O5. The van der Waals surface area contributed by atoms with Crippen molar-refractivity contribution in [3.05, 3.63) is 95.6 Å². The first-order chi connectivity index (χ1) is 18.3. The molecule has 2 atom stereocenters. The molecule has 1 aromatic heterocycles. The third kappa shape index (κ3) is 4.87. The van der Waals surface area contributed by atoms with Crippen LogP contribution < -0.4 is 15.4 Å². The summed E-state index contributed by atoms with van der Waals surface area (Å²) in [7, 11) is 1.63. The van der Waals surface area contributed by atoms with Crippen LogP contribution in [0.1, 0.15) is 31.2 Å². The maximum absolute atomic E-state index is 13.9. The summed E-state index contributed by atoms with van der Waals surface area (Å²) in [6.45, 7) is 4.18. The summed E-state index contributed by atoms with van der Waals surface area (Å²) >= 11 is 0. The van der Waals surface area contributed by atoms with E-state index in [0.717, 1.165) is 0 Å². The largest absolute Gasteiger partial charge is 0.467 e. The highest BCUT2D eigenvalue weighted by Crippen LogP contribution is 2.38. The van der Waals surface area contributed by atoms with Crippen LogP contribution in [0.4, 0.5) is 4.79 Å². The number of ether oxygens (including phenoxy) is 1. The van der Waals surface area contributed by atoms with Gasteiger partial charge in [-0.15, -0.1) is 0 Å². The van der Waals surface area contributed by atoms with E-state index in [-0.39, 0.29) is 36.9 Å². The minimum absolute atomic E-state index is 0.159. The fraction of sp³-hybridized carbons (Fsp3) is 0.276. The predicted octanol–water partition coefficient (Wildman–Crippen LogP) is 4.21. The van der Waals surface area contributed by atoms with Gasteiger partial charge in [-0.2, -0.15) is 0 Å². The number of carbonyl (C=O) groups excluding carboxylic acids is 3. The zero-order valence-corrected chi connectivity index (χ0v) is 21.5. The van der Waals surface area contributed by atoms with Crippen molar-refractivity contribution in [1.82, 2.24) is 20.4 Å². The van der Waals surface area contributed by atoms with Crippen LogP contribution in [0.5, 0.6) is 11.5 Å². The quantitative estimate of drug-likeness (QED) is 0.469. The van der Waals surface area contributed by atoms with Crippen molar-refractivity contribution in [2.75, 3.05) is 13.6 Å². The van der Waals surface area contributed by atoms with Crippen molar-refractivity contribution in [2.45, 2.75) is 32.5 Å². The number of nitrogens with one attached hydrogen (secondary N) is 2. The summed E-state index contributed by atoms with van der Waals surface area (Å²) in [4.78, 5) is 43.1. The highest BCUT2D eigenvalue weighted by molar-refractivity contribution is 6.03. The minimum Gasteiger partial charge on any atom is -0.467 e. The average molecular weight is 515 g/mol. The summed E-state index contributed by atoms with van der Waals surface area (Å²) in [5.41, 5.74) is 1.75. The van der Waals surface area contributed by atoms with E-state index in [1.165, 1.54) is 4.90 Å². The molecule has 38 heavy (non-hydrogen) atoms. The SMILES string of the molecule is CC(C)[C@H](C(=O)NCc1ccco1)N1CC2=C(C1=O)[C@H](c1cccc(Oc3ccccc3)c1)NC(=O)N2C. The number of hydrogen-bond acceptors (Lipinski definition) is 5. The lowest BCUT2D eigenvalue weighted by Crippen LogP contribution is -2.51. The van der Waals surface area contributed by atoms with Gasteiger partial charge in [-0.1, -0.05) is 44.2 Å². The number of urea groups is 1. The van der Waals surface area contributed by atoms with Crippen molar-refractivity contribution < 1.29 is 23.5 Å². The second kappa shape index (κ2) is 10.5. The van der Waals surface area contributed by atoms with E-state index >= 15 is 0 Å². The van der Waals surface area contributed by atoms with E-state index in [4.69, 9.17) is 9.15 Å². The molecular weight excluding hydrogens is 484 g/mol. The fourth-order valence-corrected chi connectivity index (χ4v) is 4.94. The Bertz CT molecular complexity index is 1370. The molecule has 2 N–H and O–H groups in total. The Morgan fingerprint density at radius 2 is 1.84 bits per heavy atom. The molecule has 5 rings (SSSR count). The van der Waals surface area contributed by atoms with Gasteiger partial charge in [0, 0.05) is 7.05 Å². The molecule has 0 saturated heterocycles.